The summed E-state index contributed by atoms with van der Waals surface area (Å²) in [5.41, 5.74) is 0.469. The van der Waals surface area contributed by atoms with Crippen molar-refractivity contribution in [2.24, 2.45) is 0 Å². The third-order valence-electron chi connectivity index (χ3n) is 4.40. The van der Waals surface area contributed by atoms with Crippen molar-refractivity contribution in [1.82, 2.24) is 14.8 Å². The summed E-state index contributed by atoms with van der Waals surface area (Å²) in [5, 5.41) is 9.50. The van der Waals surface area contributed by atoms with Gasteiger partial charge < -0.3 is 10.0 Å². The maximum Gasteiger partial charge on any atom is 0.272 e. The van der Waals surface area contributed by atoms with Crippen LogP contribution in [-0.4, -0.2) is 70.3 Å². The number of piperidine rings is 1. The Morgan fingerprint density at radius 1 is 1.29 bits per heavy atom. The van der Waals surface area contributed by atoms with Crippen molar-refractivity contribution in [2.45, 2.75) is 31.2 Å². The van der Waals surface area contributed by atoms with E-state index in [1.165, 1.54) is 0 Å². The van der Waals surface area contributed by atoms with Gasteiger partial charge in [0.25, 0.3) is 5.91 Å². The minimum Gasteiger partial charge on any atom is -0.389 e. The number of nitrogens with zero attached hydrogens (tertiary/aromatic N) is 3. The number of rotatable bonds is 2. The Bertz CT molecular complexity index is 481. The third kappa shape index (κ3) is 3.06. The molecule has 0 unspecified atom stereocenters. The lowest BCUT2D eigenvalue weighted by Gasteiger charge is -2.36. The van der Waals surface area contributed by atoms with Crippen LogP contribution < -0.4 is 0 Å². The number of aliphatic hydroxyl groups excluding tert-OH is 1. The van der Waals surface area contributed by atoms with E-state index in [0.717, 1.165) is 12.8 Å². The molecule has 0 radical (unpaired) electrons. The van der Waals surface area contributed by atoms with E-state index in [-0.39, 0.29) is 11.9 Å². The fourth-order valence-electron chi connectivity index (χ4n) is 3.16. The summed E-state index contributed by atoms with van der Waals surface area (Å²) in [4.78, 5) is 20.2. The molecule has 0 aromatic carbocycles. The van der Waals surface area contributed by atoms with E-state index >= 15 is 0 Å². The van der Waals surface area contributed by atoms with Crippen molar-refractivity contribution in [2.75, 3.05) is 26.2 Å². The molecule has 0 aliphatic carbocycles. The zero-order chi connectivity index (χ0) is 14.8. The number of carbonyl (C=O) groups excluding carboxylic acids is 1. The van der Waals surface area contributed by atoms with Gasteiger partial charge >= 0.3 is 0 Å². The van der Waals surface area contributed by atoms with E-state index in [1.807, 2.05) is 4.90 Å². The minimum atomic E-state index is -1.14. The highest BCUT2D eigenvalue weighted by atomic mass is 19.1. The van der Waals surface area contributed by atoms with Crippen LogP contribution in [-0.2, 0) is 0 Å². The monoisotopic (exact) mass is 293 g/mol. The van der Waals surface area contributed by atoms with Crippen molar-refractivity contribution in [3.8, 4) is 0 Å². The molecule has 2 aliphatic rings. The molecular weight excluding hydrogens is 273 g/mol. The number of carbonyl (C=O) groups is 1. The summed E-state index contributed by atoms with van der Waals surface area (Å²) in [6.07, 6.45) is 1.25. The van der Waals surface area contributed by atoms with Crippen LogP contribution in [0.15, 0.2) is 24.4 Å². The summed E-state index contributed by atoms with van der Waals surface area (Å²) < 4.78 is 13.4. The van der Waals surface area contributed by atoms with Gasteiger partial charge in [0.1, 0.15) is 11.9 Å². The molecule has 3 heterocycles. The van der Waals surface area contributed by atoms with E-state index in [1.54, 1.807) is 29.3 Å². The normalized spacial score (nSPS) is 28.0. The van der Waals surface area contributed by atoms with Crippen molar-refractivity contribution in [3.63, 3.8) is 0 Å². The third-order valence-corrected chi connectivity index (χ3v) is 4.40. The Morgan fingerprint density at radius 3 is 2.62 bits per heavy atom. The molecule has 1 amide bonds. The molecule has 0 spiro atoms. The summed E-state index contributed by atoms with van der Waals surface area (Å²) in [6, 6.07) is 5.57. The highest BCUT2D eigenvalue weighted by molar-refractivity contribution is 5.92. The lowest BCUT2D eigenvalue weighted by molar-refractivity contribution is 0.0622. The number of β-amino-alcohol motifs (C(OH)–C–C–N with tert-alkyl or cyclic N) is 1. The molecule has 6 heteroatoms. The second-order valence-electron chi connectivity index (χ2n) is 5.78. The Hall–Kier alpha value is -1.53. The molecule has 0 bridgehead atoms. The van der Waals surface area contributed by atoms with Gasteiger partial charge in [-0.2, -0.15) is 0 Å². The Morgan fingerprint density at radius 2 is 2.05 bits per heavy atom. The predicted molar refractivity (Wildman–Crippen MR) is 75.6 cm³/mol. The average Bonchev–Trinajstić information content (AvgIpc) is 2.87. The van der Waals surface area contributed by atoms with E-state index in [2.05, 4.69) is 4.98 Å². The van der Waals surface area contributed by atoms with Crippen LogP contribution in [0.4, 0.5) is 4.39 Å². The number of pyridine rings is 1. The first-order valence-corrected chi connectivity index (χ1v) is 7.41. The van der Waals surface area contributed by atoms with Gasteiger partial charge in [-0.3, -0.25) is 14.7 Å². The number of hydrogen-bond donors (Lipinski definition) is 1. The van der Waals surface area contributed by atoms with Crippen LogP contribution in [0, 0.1) is 0 Å². The number of alkyl halides is 1. The van der Waals surface area contributed by atoms with Gasteiger partial charge in [0, 0.05) is 38.4 Å². The summed E-state index contributed by atoms with van der Waals surface area (Å²) in [5.74, 6) is -0.0427. The SMILES string of the molecule is O=C(c1ccccn1)N1CCC(N2C[C@@H](O)[C@H](F)C2)CC1. The first-order chi connectivity index (χ1) is 10.1. The lowest BCUT2D eigenvalue weighted by atomic mass is 10.0. The molecule has 2 atom stereocenters. The molecule has 1 aromatic heterocycles. The van der Waals surface area contributed by atoms with Gasteiger partial charge in [0.2, 0.25) is 0 Å². The smallest absolute Gasteiger partial charge is 0.272 e. The second kappa shape index (κ2) is 6.07. The maximum atomic E-state index is 13.4. The van der Waals surface area contributed by atoms with E-state index in [0.29, 0.717) is 31.9 Å². The fraction of sp³-hybridized carbons (Fsp3) is 0.600. The number of likely N-dealkylation sites (tertiary alicyclic amines) is 2. The van der Waals surface area contributed by atoms with Crippen LogP contribution in [0.3, 0.4) is 0 Å². The molecule has 2 saturated heterocycles. The fourth-order valence-corrected chi connectivity index (χ4v) is 3.16. The molecule has 21 heavy (non-hydrogen) atoms. The van der Waals surface area contributed by atoms with Gasteiger partial charge in [-0.15, -0.1) is 0 Å². The minimum absolute atomic E-state index is 0.0427. The first-order valence-electron chi connectivity index (χ1n) is 7.41. The molecule has 1 N–H and O–H groups in total. The van der Waals surface area contributed by atoms with E-state index < -0.39 is 12.3 Å². The first kappa shape index (κ1) is 14.4. The molecule has 1 aromatic rings. The number of amides is 1. The van der Waals surface area contributed by atoms with E-state index in [4.69, 9.17) is 0 Å². The van der Waals surface area contributed by atoms with Gasteiger partial charge in [0.15, 0.2) is 0 Å². The Kier molecular flexibility index (Phi) is 4.17. The molecule has 2 fully saturated rings. The maximum absolute atomic E-state index is 13.4. The molecule has 3 rings (SSSR count). The number of hydrogen-bond acceptors (Lipinski definition) is 4. The highest BCUT2D eigenvalue weighted by Crippen LogP contribution is 2.23. The summed E-state index contributed by atoms with van der Waals surface area (Å²) in [6.45, 7) is 2.02. The number of aliphatic hydroxyl groups is 1. The lowest BCUT2D eigenvalue weighted by Crippen LogP contribution is -2.46. The molecular formula is C15H20FN3O2. The van der Waals surface area contributed by atoms with Crippen molar-refractivity contribution < 1.29 is 14.3 Å². The predicted octanol–water partition coefficient (Wildman–Crippen LogP) is 0.701. The van der Waals surface area contributed by atoms with Crippen LogP contribution in [0.1, 0.15) is 23.3 Å². The van der Waals surface area contributed by atoms with Gasteiger partial charge in [-0.25, -0.2) is 4.39 Å². The van der Waals surface area contributed by atoms with Gasteiger partial charge in [-0.05, 0) is 25.0 Å². The summed E-state index contributed by atoms with van der Waals surface area (Å²) in [7, 11) is 0. The van der Waals surface area contributed by atoms with Crippen molar-refractivity contribution >= 4 is 5.91 Å². The van der Waals surface area contributed by atoms with Crippen molar-refractivity contribution in [3.05, 3.63) is 30.1 Å². The van der Waals surface area contributed by atoms with Crippen molar-refractivity contribution in [1.29, 1.82) is 0 Å². The van der Waals surface area contributed by atoms with Crippen LogP contribution >= 0.6 is 0 Å². The van der Waals surface area contributed by atoms with Gasteiger partial charge in [0.05, 0.1) is 6.10 Å². The second-order valence-corrected chi connectivity index (χ2v) is 5.78. The van der Waals surface area contributed by atoms with E-state index in [9.17, 15) is 14.3 Å². The molecule has 2 aliphatic heterocycles. The number of aromatic nitrogens is 1. The van der Waals surface area contributed by atoms with Crippen LogP contribution in [0.5, 0.6) is 0 Å². The van der Waals surface area contributed by atoms with Gasteiger partial charge in [-0.1, -0.05) is 6.07 Å². The molecule has 5 nitrogen and oxygen atoms in total. The quantitative estimate of drug-likeness (QED) is 0.872. The zero-order valence-corrected chi connectivity index (χ0v) is 11.9. The van der Waals surface area contributed by atoms with Crippen LogP contribution in [0.25, 0.3) is 0 Å². The average molecular weight is 293 g/mol. The highest BCUT2D eigenvalue weighted by Gasteiger charge is 2.36. The standard InChI is InChI=1S/C15H20FN3O2/c16-12-9-19(10-14(12)20)11-4-7-18(8-5-11)15(21)13-3-1-2-6-17-13/h1-3,6,11-12,14,20H,4-5,7-10H2/t12-,14-/m1/s1. The Balaban J connectivity index is 1.55. The van der Waals surface area contributed by atoms with Crippen LogP contribution in [0.2, 0.25) is 0 Å². The summed E-state index contributed by atoms with van der Waals surface area (Å²) >= 11 is 0. The topological polar surface area (TPSA) is 56.7 Å². The molecule has 114 valence electrons. The zero-order valence-electron chi connectivity index (χ0n) is 11.9. The largest absolute Gasteiger partial charge is 0.389 e. The number of halogens is 1. The molecule has 0 saturated carbocycles. The Labute approximate surface area is 123 Å².